The van der Waals surface area contributed by atoms with Gasteiger partial charge in [0.25, 0.3) is 0 Å². The van der Waals surface area contributed by atoms with Gasteiger partial charge in [-0.3, -0.25) is 0 Å². The summed E-state index contributed by atoms with van der Waals surface area (Å²) >= 11 is 0. The second kappa shape index (κ2) is 4.61. The van der Waals surface area contributed by atoms with Gasteiger partial charge in [0.1, 0.15) is 18.0 Å². The lowest BCUT2D eigenvalue weighted by molar-refractivity contribution is 1.17. The molecular formula is C12H13N5. The topological polar surface area (TPSA) is 87.7 Å². The van der Waals surface area contributed by atoms with Crippen LogP contribution < -0.4 is 11.1 Å². The van der Waals surface area contributed by atoms with E-state index < -0.39 is 0 Å². The number of nitrogens with one attached hydrogen (secondary N) is 2. The smallest absolute Gasteiger partial charge is 0.135 e. The molecule has 0 radical (unpaired) electrons. The number of nitrogens with two attached hydrogens (primary N) is 1. The van der Waals surface area contributed by atoms with Gasteiger partial charge in [-0.2, -0.15) is 0 Å². The van der Waals surface area contributed by atoms with Gasteiger partial charge in [-0.1, -0.05) is 12.1 Å². The molecule has 0 fully saturated rings. The number of aryl methyl sites for hydroxylation is 1. The molecule has 5 nitrogen and oxygen atoms in total. The fourth-order valence-electron chi connectivity index (χ4n) is 1.48. The number of nitrogen functional groups attached to an aromatic ring is 1. The van der Waals surface area contributed by atoms with Crippen molar-refractivity contribution in [2.75, 3.05) is 11.1 Å². The third-order valence-electron chi connectivity index (χ3n) is 2.32. The van der Waals surface area contributed by atoms with Crippen LogP contribution >= 0.6 is 0 Å². The van der Waals surface area contributed by atoms with Gasteiger partial charge in [-0.15, -0.1) is 0 Å². The lowest BCUT2D eigenvalue weighted by atomic mass is 10.1. The molecule has 0 atom stereocenters. The number of benzene rings is 1. The summed E-state index contributed by atoms with van der Waals surface area (Å²) < 4.78 is 0. The molecule has 0 spiro atoms. The molecule has 0 aliphatic heterocycles. The summed E-state index contributed by atoms with van der Waals surface area (Å²) in [5, 5.41) is 10.5. The molecule has 17 heavy (non-hydrogen) atoms. The molecule has 5 heteroatoms. The van der Waals surface area contributed by atoms with Crippen LogP contribution in [0.5, 0.6) is 0 Å². The fourth-order valence-corrected chi connectivity index (χ4v) is 1.48. The molecule has 2 aromatic rings. The summed E-state index contributed by atoms with van der Waals surface area (Å²) in [4.78, 5) is 7.89. The van der Waals surface area contributed by atoms with Gasteiger partial charge in [-0.05, 0) is 18.6 Å². The maximum atomic E-state index is 7.34. The van der Waals surface area contributed by atoms with Crippen molar-refractivity contribution in [1.29, 1.82) is 5.41 Å². The Morgan fingerprint density at radius 2 is 2.12 bits per heavy atom. The molecule has 1 aromatic carbocycles. The monoisotopic (exact) mass is 227 g/mol. The maximum Gasteiger partial charge on any atom is 0.135 e. The Hall–Kier alpha value is -2.43. The molecule has 2 rings (SSSR count). The first-order valence-corrected chi connectivity index (χ1v) is 5.15. The van der Waals surface area contributed by atoms with E-state index >= 15 is 0 Å². The van der Waals surface area contributed by atoms with E-state index in [0.717, 1.165) is 16.8 Å². The van der Waals surface area contributed by atoms with Gasteiger partial charge < -0.3 is 16.5 Å². The highest BCUT2D eigenvalue weighted by atomic mass is 15.0. The van der Waals surface area contributed by atoms with Crippen LogP contribution in [0.1, 0.15) is 11.1 Å². The zero-order chi connectivity index (χ0) is 12.3. The van der Waals surface area contributed by atoms with Crippen LogP contribution in [0.15, 0.2) is 30.6 Å². The molecule has 1 aromatic heterocycles. The highest BCUT2D eigenvalue weighted by Crippen LogP contribution is 2.20. The molecule has 0 unspecified atom stereocenters. The Labute approximate surface area is 99.2 Å². The number of hydrogen-bond acceptors (Lipinski definition) is 5. The molecule has 1 heterocycles. The lowest BCUT2D eigenvalue weighted by Crippen LogP contribution is -2.00. The first kappa shape index (κ1) is 11.1. The number of rotatable bonds is 3. The van der Waals surface area contributed by atoms with Gasteiger partial charge in [0.05, 0.1) is 0 Å². The maximum absolute atomic E-state index is 7.34. The van der Waals surface area contributed by atoms with Crippen LogP contribution in [0.2, 0.25) is 0 Å². The summed E-state index contributed by atoms with van der Waals surface area (Å²) in [6.07, 6.45) is 2.70. The lowest BCUT2D eigenvalue weighted by Gasteiger charge is -2.09. The van der Waals surface area contributed by atoms with E-state index in [9.17, 15) is 0 Å². The molecule has 0 bridgehead atoms. The Kier molecular flexibility index (Phi) is 3.00. The van der Waals surface area contributed by atoms with Crippen molar-refractivity contribution in [3.05, 3.63) is 41.7 Å². The van der Waals surface area contributed by atoms with E-state index in [2.05, 4.69) is 15.3 Å². The Bertz CT molecular complexity index is 550. The van der Waals surface area contributed by atoms with Crippen molar-refractivity contribution in [2.24, 2.45) is 0 Å². The quantitative estimate of drug-likeness (QED) is 0.701. The van der Waals surface area contributed by atoms with Crippen LogP contribution in [0, 0.1) is 12.3 Å². The van der Waals surface area contributed by atoms with E-state index in [0.29, 0.717) is 11.6 Å². The third-order valence-corrected chi connectivity index (χ3v) is 2.32. The molecule has 0 amide bonds. The predicted octanol–water partition coefficient (Wildman–Crippen LogP) is 2.11. The highest BCUT2D eigenvalue weighted by molar-refractivity contribution is 5.87. The fraction of sp³-hybridized carbons (Fsp3) is 0.0833. The molecule has 4 N–H and O–H groups in total. The van der Waals surface area contributed by atoms with Crippen molar-refractivity contribution in [3.8, 4) is 0 Å². The Morgan fingerprint density at radius 3 is 2.82 bits per heavy atom. The van der Waals surface area contributed by atoms with Crippen LogP contribution in [-0.4, -0.2) is 16.2 Å². The van der Waals surface area contributed by atoms with Crippen LogP contribution in [-0.2, 0) is 0 Å². The standard InChI is InChI=1S/C12H13N5/c1-8-2-3-9(6-13)10(4-8)17-12-5-11(14)15-7-16-12/h2-7,13H,1H3,(H3,14,15,16,17). The Balaban J connectivity index is 2.35. The molecular weight excluding hydrogens is 214 g/mol. The molecule has 0 aliphatic rings. The van der Waals surface area contributed by atoms with Gasteiger partial charge in [0.2, 0.25) is 0 Å². The SMILES string of the molecule is Cc1ccc(C=N)c(Nc2cc(N)ncn2)c1. The zero-order valence-electron chi connectivity index (χ0n) is 9.44. The number of nitrogens with zero attached hydrogens (tertiary/aromatic N) is 2. The normalized spacial score (nSPS) is 9.94. The minimum Gasteiger partial charge on any atom is -0.384 e. The first-order chi connectivity index (χ1) is 8.19. The van der Waals surface area contributed by atoms with Crippen molar-refractivity contribution < 1.29 is 0 Å². The van der Waals surface area contributed by atoms with Crippen molar-refractivity contribution >= 4 is 23.5 Å². The largest absolute Gasteiger partial charge is 0.384 e. The molecule has 86 valence electrons. The second-order valence-corrected chi connectivity index (χ2v) is 3.69. The van der Waals surface area contributed by atoms with Gasteiger partial charge in [0, 0.05) is 23.5 Å². The predicted molar refractivity (Wildman–Crippen MR) is 68.8 cm³/mol. The van der Waals surface area contributed by atoms with Crippen molar-refractivity contribution in [1.82, 2.24) is 9.97 Å². The summed E-state index contributed by atoms with van der Waals surface area (Å²) in [5.74, 6) is 1.03. The van der Waals surface area contributed by atoms with E-state index in [4.69, 9.17) is 11.1 Å². The average Bonchev–Trinajstić information content (AvgIpc) is 2.29. The number of hydrogen-bond donors (Lipinski definition) is 3. The minimum atomic E-state index is 0.409. The summed E-state index contributed by atoms with van der Waals surface area (Å²) in [7, 11) is 0. The summed E-state index contributed by atoms with van der Waals surface area (Å²) in [6.45, 7) is 1.99. The summed E-state index contributed by atoms with van der Waals surface area (Å²) in [6, 6.07) is 7.45. The summed E-state index contributed by atoms with van der Waals surface area (Å²) in [5.41, 5.74) is 8.32. The number of anilines is 3. The van der Waals surface area contributed by atoms with Crippen molar-refractivity contribution in [2.45, 2.75) is 6.92 Å². The van der Waals surface area contributed by atoms with Gasteiger partial charge >= 0.3 is 0 Å². The second-order valence-electron chi connectivity index (χ2n) is 3.69. The van der Waals surface area contributed by atoms with Gasteiger partial charge in [-0.25, -0.2) is 9.97 Å². The van der Waals surface area contributed by atoms with Gasteiger partial charge in [0.15, 0.2) is 0 Å². The van der Waals surface area contributed by atoms with Crippen LogP contribution in [0.4, 0.5) is 17.3 Å². The van der Waals surface area contributed by atoms with E-state index in [1.165, 1.54) is 12.5 Å². The molecule has 0 aliphatic carbocycles. The van der Waals surface area contributed by atoms with E-state index in [1.54, 1.807) is 6.07 Å². The van der Waals surface area contributed by atoms with Crippen molar-refractivity contribution in [3.63, 3.8) is 0 Å². The first-order valence-electron chi connectivity index (χ1n) is 5.15. The molecule has 0 saturated carbocycles. The van der Waals surface area contributed by atoms with Crippen LogP contribution in [0.3, 0.4) is 0 Å². The van der Waals surface area contributed by atoms with E-state index in [1.807, 2.05) is 25.1 Å². The highest BCUT2D eigenvalue weighted by Gasteiger charge is 2.02. The van der Waals surface area contributed by atoms with E-state index in [-0.39, 0.29) is 0 Å². The minimum absolute atomic E-state index is 0.409. The average molecular weight is 227 g/mol. The van der Waals surface area contributed by atoms with Crippen LogP contribution in [0.25, 0.3) is 0 Å². The molecule has 0 saturated heterocycles. The number of aromatic nitrogens is 2. The Morgan fingerprint density at radius 1 is 1.29 bits per heavy atom. The third kappa shape index (κ3) is 2.57. The zero-order valence-corrected chi connectivity index (χ0v) is 9.44.